The summed E-state index contributed by atoms with van der Waals surface area (Å²) in [6, 6.07) is -0.538. The summed E-state index contributed by atoms with van der Waals surface area (Å²) in [7, 11) is 0. The van der Waals surface area contributed by atoms with Gasteiger partial charge in [0.25, 0.3) is 0 Å². The minimum atomic E-state index is -0.662. The van der Waals surface area contributed by atoms with Crippen molar-refractivity contribution in [2.24, 2.45) is 0 Å². The van der Waals surface area contributed by atoms with Crippen LogP contribution < -0.4 is 5.32 Å². The van der Waals surface area contributed by atoms with Crippen LogP contribution in [0.5, 0.6) is 0 Å². The minimum absolute atomic E-state index is 0.0129. The van der Waals surface area contributed by atoms with Gasteiger partial charge in [0.05, 0.1) is 25.4 Å². The van der Waals surface area contributed by atoms with E-state index in [4.69, 9.17) is 4.74 Å². The summed E-state index contributed by atoms with van der Waals surface area (Å²) in [6.07, 6.45) is 88.1. The van der Waals surface area contributed by atoms with Crippen molar-refractivity contribution in [2.45, 2.75) is 424 Å². The maximum Gasteiger partial charge on any atom is 0.305 e. The lowest BCUT2D eigenvalue weighted by Gasteiger charge is -2.22. The molecule has 0 aromatic rings. The van der Waals surface area contributed by atoms with Gasteiger partial charge in [-0.15, -0.1) is 0 Å². The van der Waals surface area contributed by atoms with Crippen LogP contribution in [0.3, 0.4) is 0 Å². The zero-order chi connectivity index (χ0) is 57.8. The molecule has 474 valence electrons. The van der Waals surface area contributed by atoms with E-state index in [0.717, 1.165) is 51.4 Å². The molecule has 0 aliphatic heterocycles. The molecule has 0 aromatic carbocycles. The van der Waals surface area contributed by atoms with Crippen molar-refractivity contribution in [3.8, 4) is 0 Å². The largest absolute Gasteiger partial charge is 0.466 e. The first-order valence-electron chi connectivity index (χ1n) is 36.6. The number of hydrogen-bond donors (Lipinski definition) is 3. The highest BCUT2D eigenvalue weighted by atomic mass is 16.5. The van der Waals surface area contributed by atoms with Crippen molar-refractivity contribution in [1.82, 2.24) is 5.32 Å². The number of carbonyl (C=O) groups is 2. The highest BCUT2D eigenvalue weighted by molar-refractivity contribution is 5.76. The Hall–Kier alpha value is -1.66. The van der Waals surface area contributed by atoms with Crippen molar-refractivity contribution in [3.05, 3.63) is 24.3 Å². The highest BCUT2D eigenvalue weighted by Gasteiger charge is 2.20. The second-order valence-electron chi connectivity index (χ2n) is 25.3. The van der Waals surface area contributed by atoms with Gasteiger partial charge in [0.1, 0.15) is 0 Å². The summed E-state index contributed by atoms with van der Waals surface area (Å²) in [5.74, 6) is -0.0150. The molecule has 0 radical (unpaired) electrons. The predicted molar refractivity (Wildman–Crippen MR) is 352 cm³/mol. The van der Waals surface area contributed by atoms with E-state index < -0.39 is 12.1 Å². The van der Waals surface area contributed by atoms with E-state index in [2.05, 4.69) is 43.5 Å². The van der Waals surface area contributed by atoms with Gasteiger partial charge in [-0.2, -0.15) is 0 Å². The molecule has 0 bridgehead atoms. The number of amides is 1. The first-order valence-corrected chi connectivity index (χ1v) is 36.6. The molecular weight excluding hydrogens is 983 g/mol. The summed E-state index contributed by atoms with van der Waals surface area (Å²) in [4.78, 5) is 24.6. The fraction of sp³-hybridized carbons (Fsp3) is 0.919. The smallest absolute Gasteiger partial charge is 0.305 e. The topological polar surface area (TPSA) is 95.9 Å². The molecule has 6 heteroatoms. The van der Waals surface area contributed by atoms with Crippen molar-refractivity contribution in [2.75, 3.05) is 13.2 Å². The molecule has 0 spiro atoms. The van der Waals surface area contributed by atoms with Crippen LogP contribution >= 0.6 is 0 Å². The number of aliphatic hydroxyl groups excluding tert-OH is 2. The molecule has 2 unspecified atom stereocenters. The number of esters is 1. The molecule has 6 nitrogen and oxygen atoms in total. The van der Waals surface area contributed by atoms with E-state index in [0.29, 0.717) is 25.9 Å². The molecule has 0 aliphatic rings. The van der Waals surface area contributed by atoms with Crippen LogP contribution in [0.15, 0.2) is 24.3 Å². The number of hydrogen-bond acceptors (Lipinski definition) is 5. The van der Waals surface area contributed by atoms with Crippen LogP contribution in [-0.4, -0.2) is 47.4 Å². The normalized spacial score (nSPS) is 12.6. The SMILES string of the molecule is CCCCCC/C=C\C/C=C\CCCCCCCCCC(=O)OCCCCCCCCCCCCCCCCCCCCCCCCCCCCCCCC(=O)NC(CO)C(O)CCCCCCCCCCCCCCCCCC. The maximum absolute atomic E-state index is 12.5. The molecule has 3 N–H and O–H groups in total. The Bertz CT molecular complexity index is 1250. The molecule has 0 aromatic heterocycles. The number of rotatable bonds is 69. The Labute approximate surface area is 501 Å². The Balaban J connectivity index is 3.33. The molecule has 80 heavy (non-hydrogen) atoms. The first kappa shape index (κ1) is 78.3. The van der Waals surface area contributed by atoms with Crippen LogP contribution in [0.1, 0.15) is 412 Å². The molecule has 0 aliphatic carbocycles. The van der Waals surface area contributed by atoms with Gasteiger partial charge in [-0.3, -0.25) is 9.59 Å². The maximum atomic E-state index is 12.5. The fourth-order valence-corrected chi connectivity index (χ4v) is 11.7. The first-order chi connectivity index (χ1) is 39.5. The second kappa shape index (κ2) is 69.8. The zero-order valence-corrected chi connectivity index (χ0v) is 54.3. The lowest BCUT2D eigenvalue weighted by Crippen LogP contribution is -2.45. The van der Waals surface area contributed by atoms with E-state index in [1.54, 1.807) is 0 Å². The third-order valence-electron chi connectivity index (χ3n) is 17.3. The second-order valence-corrected chi connectivity index (χ2v) is 25.3. The van der Waals surface area contributed by atoms with Gasteiger partial charge < -0.3 is 20.3 Å². The van der Waals surface area contributed by atoms with E-state index in [1.807, 2.05) is 0 Å². The van der Waals surface area contributed by atoms with Crippen LogP contribution in [0.25, 0.3) is 0 Å². The monoisotopic (exact) mass is 1130 g/mol. The van der Waals surface area contributed by atoms with Crippen LogP contribution in [0.2, 0.25) is 0 Å². The van der Waals surface area contributed by atoms with E-state index in [9.17, 15) is 19.8 Å². The van der Waals surface area contributed by atoms with Gasteiger partial charge >= 0.3 is 5.97 Å². The van der Waals surface area contributed by atoms with Crippen LogP contribution in [-0.2, 0) is 14.3 Å². The Morgan fingerprint density at radius 1 is 0.350 bits per heavy atom. The van der Waals surface area contributed by atoms with Gasteiger partial charge in [-0.25, -0.2) is 0 Å². The van der Waals surface area contributed by atoms with Gasteiger partial charge in [0.2, 0.25) is 5.91 Å². The quantitative estimate of drug-likeness (QED) is 0.0320. The fourth-order valence-electron chi connectivity index (χ4n) is 11.7. The standard InChI is InChI=1S/C74H143NO5/c1-3-5-7-9-11-13-15-17-19-21-36-40-44-48-52-56-60-64-68-74(79)80-69-65-61-57-53-49-45-41-37-34-32-30-28-26-24-22-23-25-27-29-31-33-35-39-43-47-51-55-59-63-67-73(78)75-71(70-76)72(77)66-62-58-54-50-46-42-38-20-18-16-14-12-10-8-6-4-2/h13,15,19,21,71-72,76-77H,3-12,14,16-18,20,22-70H2,1-2H3,(H,75,78)/b15-13-,21-19-. The van der Waals surface area contributed by atoms with Crippen molar-refractivity contribution in [3.63, 3.8) is 0 Å². The number of unbranched alkanes of at least 4 members (excludes halogenated alkanes) is 54. The Morgan fingerprint density at radius 2 is 0.625 bits per heavy atom. The van der Waals surface area contributed by atoms with Crippen molar-refractivity contribution in [1.29, 1.82) is 0 Å². The predicted octanol–water partition coefficient (Wildman–Crippen LogP) is 23.7. The summed E-state index contributed by atoms with van der Waals surface area (Å²) in [5, 5.41) is 23.4. The summed E-state index contributed by atoms with van der Waals surface area (Å²) in [6.45, 7) is 4.97. The third kappa shape index (κ3) is 65.5. The van der Waals surface area contributed by atoms with E-state index in [1.165, 1.54) is 327 Å². The minimum Gasteiger partial charge on any atom is -0.466 e. The van der Waals surface area contributed by atoms with Gasteiger partial charge in [0, 0.05) is 12.8 Å². The van der Waals surface area contributed by atoms with E-state index >= 15 is 0 Å². The molecule has 1 amide bonds. The Kier molecular flexibility index (Phi) is 68.4. The van der Waals surface area contributed by atoms with Crippen molar-refractivity contribution >= 4 is 11.9 Å². The van der Waals surface area contributed by atoms with Crippen LogP contribution in [0.4, 0.5) is 0 Å². The van der Waals surface area contributed by atoms with Gasteiger partial charge in [0.15, 0.2) is 0 Å². The summed E-state index contributed by atoms with van der Waals surface area (Å²) >= 11 is 0. The number of aliphatic hydroxyl groups is 2. The molecule has 2 atom stereocenters. The lowest BCUT2D eigenvalue weighted by atomic mass is 10.0. The highest BCUT2D eigenvalue weighted by Crippen LogP contribution is 2.19. The zero-order valence-electron chi connectivity index (χ0n) is 54.3. The van der Waals surface area contributed by atoms with Gasteiger partial charge in [-0.1, -0.05) is 366 Å². The number of nitrogens with one attached hydrogen (secondary N) is 1. The number of allylic oxidation sites excluding steroid dienone is 4. The van der Waals surface area contributed by atoms with Crippen molar-refractivity contribution < 1.29 is 24.5 Å². The lowest BCUT2D eigenvalue weighted by molar-refractivity contribution is -0.143. The molecule has 0 saturated carbocycles. The number of carbonyl (C=O) groups excluding carboxylic acids is 2. The van der Waals surface area contributed by atoms with Gasteiger partial charge in [-0.05, 0) is 57.8 Å². The molecular formula is C74H143NO5. The van der Waals surface area contributed by atoms with Crippen LogP contribution in [0, 0.1) is 0 Å². The van der Waals surface area contributed by atoms with E-state index in [-0.39, 0.29) is 18.5 Å². The molecule has 0 rings (SSSR count). The number of ether oxygens (including phenoxy) is 1. The summed E-state index contributed by atoms with van der Waals surface area (Å²) in [5.41, 5.74) is 0. The Morgan fingerprint density at radius 3 is 0.963 bits per heavy atom. The molecule has 0 fully saturated rings. The average molecular weight is 1130 g/mol. The molecule has 0 saturated heterocycles. The third-order valence-corrected chi connectivity index (χ3v) is 17.3. The average Bonchev–Trinajstić information content (AvgIpc) is 3.46. The summed E-state index contributed by atoms with van der Waals surface area (Å²) < 4.78 is 5.51. The molecule has 0 heterocycles.